The van der Waals surface area contributed by atoms with Gasteiger partial charge in [-0.15, -0.1) is 11.3 Å². The molecule has 0 aliphatic heterocycles. The number of rotatable bonds is 20. The van der Waals surface area contributed by atoms with Crippen LogP contribution in [0.1, 0.15) is 69.1 Å². The summed E-state index contributed by atoms with van der Waals surface area (Å²) in [6.45, 7) is 4.96. The largest absolute Gasteiger partial charge is 0.394 e. The minimum atomic E-state index is -1.26. The van der Waals surface area contributed by atoms with Gasteiger partial charge in [0.25, 0.3) is 0 Å². The molecule has 0 saturated carbocycles. The molecule has 1 aromatic heterocycles. The summed E-state index contributed by atoms with van der Waals surface area (Å²) in [5.74, 6) is -3.13. The van der Waals surface area contributed by atoms with Crippen molar-refractivity contribution in [1.29, 1.82) is 5.41 Å². The predicted molar refractivity (Wildman–Crippen MR) is 176 cm³/mol. The second kappa shape index (κ2) is 19.4. The number of nitrogens with one attached hydrogen (secondary N) is 6. The van der Waals surface area contributed by atoms with Crippen LogP contribution >= 0.6 is 11.3 Å². The molecule has 15 nitrogen and oxygen atoms in total. The van der Waals surface area contributed by atoms with E-state index in [9.17, 15) is 29.1 Å². The minimum absolute atomic E-state index is 0.0296. The molecule has 2 aromatic rings. The molecule has 0 aliphatic rings. The number of unbranched alkanes of at least 4 members (excludes halogenated alkanes) is 1. The summed E-state index contributed by atoms with van der Waals surface area (Å²) in [4.78, 5) is 69.6. The Balaban J connectivity index is 2.27. The van der Waals surface area contributed by atoms with Crippen molar-refractivity contribution in [2.24, 2.45) is 17.4 Å². The Morgan fingerprint density at radius 3 is 2.11 bits per heavy atom. The van der Waals surface area contributed by atoms with Crippen molar-refractivity contribution in [3.8, 4) is 0 Å². The molecule has 11 N–H and O–H groups in total. The quantitative estimate of drug-likeness (QED) is 0.0393. The number of benzene rings is 1. The van der Waals surface area contributed by atoms with Gasteiger partial charge < -0.3 is 43.2 Å². The molecule has 0 spiro atoms. The van der Waals surface area contributed by atoms with Crippen molar-refractivity contribution in [3.63, 3.8) is 0 Å². The molecule has 0 radical (unpaired) electrons. The number of carbonyl (C=O) groups is 5. The second-order valence-electron chi connectivity index (χ2n) is 11.4. The van der Waals surface area contributed by atoms with Gasteiger partial charge in [0.2, 0.25) is 29.4 Å². The first-order chi connectivity index (χ1) is 21.9. The van der Waals surface area contributed by atoms with Crippen molar-refractivity contribution in [2.75, 3.05) is 19.7 Å². The Labute approximate surface area is 272 Å². The van der Waals surface area contributed by atoms with Crippen LogP contribution in [0.15, 0.2) is 24.3 Å². The average molecular weight is 662 g/mol. The lowest BCUT2D eigenvalue weighted by Gasteiger charge is -2.27. The number of amides is 4. The first kappa shape index (κ1) is 38.0. The number of aromatic nitrogens is 1. The first-order valence-electron chi connectivity index (χ1n) is 15.3. The number of carbonyl (C=O) groups excluding carboxylic acids is 5. The Kier molecular flexibility index (Phi) is 16.0. The fourth-order valence-corrected chi connectivity index (χ4v) is 5.61. The Morgan fingerprint density at radius 2 is 1.50 bits per heavy atom. The van der Waals surface area contributed by atoms with Gasteiger partial charge in [0.1, 0.15) is 18.1 Å². The molecule has 4 atom stereocenters. The molecule has 16 heteroatoms. The van der Waals surface area contributed by atoms with E-state index in [1.165, 1.54) is 18.3 Å². The van der Waals surface area contributed by atoms with Gasteiger partial charge in [-0.25, -0.2) is 4.98 Å². The zero-order valence-electron chi connectivity index (χ0n) is 26.6. The van der Waals surface area contributed by atoms with Crippen LogP contribution in [0, 0.1) is 11.3 Å². The van der Waals surface area contributed by atoms with Gasteiger partial charge in [-0.3, -0.25) is 29.4 Å². The summed E-state index contributed by atoms with van der Waals surface area (Å²) in [6.07, 6.45) is 2.13. The third-order valence-corrected chi connectivity index (χ3v) is 7.97. The first-order valence-corrected chi connectivity index (χ1v) is 16.1. The zero-order chi connectivity index (χ0) is 34.2. The normalized spacial score (nSPS) is 13.7. The maximum atomic E-state index is 13.7. The highest BCUT2D eigenvalue weighted by Crippen LogP contribution is 2.23. The van der Waals surface area contributed by atoms with E-state index in [1.54, 1.807) is 6.07 Å². The fourth-order valence-electron chi connectivity index (χ4n) is 4.65. The highest BCUT2D eigenvalue weighted by atomic mass is 32.1. The molecule has 0 fully saturated rings. The van der Waals surface area contributed by atoms with Gasteiger partial charge in [-0.1, -0.05) is 26.0 Å². The summed E-state index contributed by atoms with van der Waals surface area (Å²) in [5.41, 5.74) is 11.7. The van der Waals surface area contributed by atoms with E-state index in [0.29, 0.717) is 37.9 Å². The molecule has 2 unspecified atom stereocenters. The molecule has 1 aromatic carbocycles. The fraction of sp³-hybridized carbons (Fsp3) is 0.567. The standard InChI is InChI=1S/C30H47N9O6S/c1-17(2)15-22(38-26(43)21(10-6-7-13-31)37-28(45)23(16-40)35-18(3)41)27(44)36-20(11-8-14-34-30(32)33)25(42)29-39-19-9-4-5-12-24(19)46-29/h4-5,9,12,17,20-23,40H,6-8,10-11,13-16,31H2,1-3H3,(H,35,41)(H,36,44)(H,37,45)(H,38,43)(H4,32,33,34)/t20-,21-,22?,23?/m0/s1. The highest BCUT2D eigenvalue weighted by Gasteiger charge is 2.32. The van der Waals surface area contributed by atoms with Gasteiger partial charge in [0.05, 0.1) is 22.9 Å². The van der Waals surface area contributed by atoms with E-state index in [0.717, 1.165) is 4.70 Å². The number of aliphatic hydroxyl groups is 1. The zero-order valence-corrected chi connectivity index (χ0v) is 27.4. The molecule has 4 amide bonds. The summed E-state index contributed by atoms with van der Waals surface area (Å²) in [7, 11) is 0. The van der Waals surface area contributed by atoms with Crippen molar-refractivity contribution >= 4 is 56.9 Å². The third-order valence-electron chi connectivity index (χ3n) is 6.92. The second-order valence-corrected chi connectivity index (χ2v) is 12.4. The average Bonchev–Trinajstić information content (AvgIpc) is 3.44. The minimum Gasteiger partial charge on any atom is -0.394 e. The van der Waals surface area contributed by atoms with Gasteiger partial charge in [0, 0.05) is 13.5 Å². The van der Waals surface area contributed by atoms with Crippen LogP contribution in [0.3, 0.4) is 0 Å². The Bertz CT molecular complexity index is 1320. The van der Waals surface area contributed by atoms with E-state index in [-0.39, 0.29) is 41.9 Å². The van der Waals surface area contributed by atoms with E-state index in [2.05, 4.69) is 31.6 Å². The van der Waals surface area contributed by atoms with E-state index in [1.807, 2.05) is 32.0 Å². The van der Waals surface area contributed by atoms with Crippen molar-refractivity contribution in [3.05, 3.63) is 29.3 Å². The third kappa shape index (κ3) is 12.7. The number of nitrogens with zero attached hydrogens (tertiary/aromatic N) is 1. The number of guanidine groups is 1. The van der Waals surface area contributed by atoms with E-state index >= 15 is 0 Å². The molecular weight excluding hydrogens is 614 g/mol. The number of Topliss-reactive ketones (excluding diaryl/α,β-unsaturated/α-hetero) is 1. The molecular formula is C30H47N9O6S. The van der Waals surface area contributed by atoms with E-state index in [4.69, 9.17) is 16.9 Å². The van der Waals surface area contributed by atoms with Crippen LogP contribution in [-0.2, 0) is 19.2 Å². The van der Waals surface area contributed by atoms with Crippen LogP contribution in [0.2, 0.25) is 0 Å². The lowest BCUT2D eigenvalue weighted by molar-refractivity contribution is -0.134. The van der Waals surface area contributed by atoms with Gasteiger partial charge in [-0.05, 0) is 63.1 Å². The summed E-state index contributed by atoms with van der Waals surface area (Å²) in [6, 6.07) is 2.94. The molecule has 46 heavy (non-hydrogen) atoms. The van der Waals surface area contributed by atoms with Crippen LogP contribution in [0.5, 0.6) is 0 Å². The number of thiazole rings is 1. The topological polar surface area (TPSA) is 255 Å². The maximum absolute atomic E-state index is 13.7. The van der Waals surface area contributed by atoms with Crippen LogP contribution in [-0.4, -0.2) is 89.3 Å². The Morgan fingerprint density at radius 1 is 0.891 bits per heavy atom. The lowest BCUT2D eigenvalue weighted by Crippen LogP contribution is -2.58. The van der Waals surface area contributed by atoms with E-state index < -0.39 is 54.4 Å². The van der Waals surface area contributed by atoms with Gasteiger partial charge in [-0.2, -0.15) is 0 Å². The molecule has 254 valence electrons. The molecule has 2 rings (SSSR count). The van der Waals surface area contributed by atoms with Crippen LogP contribution < -0.4 is 38.1 Å². The molecule has 0 bridgehead atoms. The molecule has 1 heterocycles. The van der Waals surface area contributed by atoms with Crippen molar-refractivity contribution in [2.45, 2.75) is 83.5 Å². The van der Waals surface area contributed by atoms with Gasteiger partial charge in [0.15, 0.2) is 11.0 Å². The number of hydrogen-bond donors (Lipinski definition) is 9. The molecule has 0 saturated heterocycles. The highest BCUT2D eigenvalue weighted by molar-refractivity contribution is 7.20. The maximum Gasteiger partial charge on any atom is 0.245 e. The summed E-state index contributed by atoms with van der Waals surface area (Å²) >= 11 is 1.22. The number of hydrogen-bond acceptors (Lipinski definition) is 10. The number of ketones is 1. The monoisotopic (exact) mass is 661 g/mol. The molecule has 0 aliphatic carbocycles. The number of para-hydroxylation sites is 1. The van der Waals surface area contributed by atoms with Crippen molar-refractivity contribution < 1.29 is 29.1 Å². The number of fused-ring (bicyclic) bond motifs is 1. The van der Waals surface area contributed by atoms with Crippen LogP contribution in [0.25, 0.3) is 10.2 Å². The summed E-state index contributed by atoms with van der Waals surface area (Å²) < 4.78 is 0.823. The number of aliphatic hydroxyl groups excluding tert-OH is 1. The smallest absolute Gasteiger partial charge is 0.245 e. The number of nitrogens with two attached hydrogens (primary N) is 2. The SMILES string of the molecule is CC(=O)NC(CO)C(=O)N[C@@H](CCCCN)C(=O)NC(CC(C)C)C(=O)N[C@@H](CCCNC(=N)N)C(=O)c1nc2ccccc2s1. The Hall–Kier alpha value is -4.15. The predicted octanol–water partition coefficient (Wildman–Crippen LogP) is -0.131. The van der Waals surface area contributed by atoms with Crippen molar-refractivity contribution in [1.82, 2.24) is 31.6 Å². The van der Waals surface area contributed by atoms with Crippen LogP contribution in [0.4, 0.5) is 0 Å². The summed E-state index contributed by atoms with van der Waals surface area (Å²) in [5, 5.41) is 30.3. The van der Waals surface area contributed by atoms with Gasteiger partial charge >= 0.3 is 0 Å². The lowest BCUT2D eigenvalue weighted by atomic mass is 10.00.